The fraction of sp³-hybridized carbons (Fsp3) is 0.700. The Morgan fingerprint density at radius 3 is 2.88 bits per heavy atom. The van der Waals surface area contributed by atoms with Gasteiger partial charge in [0.2, 0.25) is 0 Å². The molecule has 16 heavy (non-hydrogen) atoms. The van der Waals surface area contributed by atoms with E-state index in [-0.39, 0.29) is 18.2 Å². The molecule has 0 spiro atoms. The minimum atomic E-state index is -0.456. The van der Waals surface area contributed by atoms with Crippen molar-refractivity contribution in [3.8, 4) is 0 Å². The smallest absolute Gasteiger partial charge is 0.360 e. The number of hydrogen-bond acceptors (Lipinski definition) is 5. The van der Waals surface area contributed by atoms with Gasteiger partial charge in [-0.2, -0.15) is 0 Å². The largest absolute Gasteiger partial charge is 0.461 e. The Hall–Kier alpha value is -1.43. The molecule has 0 fully saturated rings. The quantitative estimate of drug-likeness (QED) is 0.736. The summed E-state index contributed by atoms with van der Waals surface area (Å²) in [4.78, 5) is 11.4. The predicted octanol–water partition coefficient (Wildman–Crippen LogP) is 0.392. The van der Waals surface area contributed by atoms with E-state index in [1.165, 1.54) is 0 Å². The number of nitrogens with zero attached hydrogens (tertiary/aromatic N) is 3. The summed E-state index contributed by atoms with van der Waals surface area (Å²) in [6, 6.07) is 0. The number of esters is 1. The van der Waals surface area contributed by atoms with E-state index in [0.29, 0.717) is 18.8 Å². The third-order valence-electron chi connectivity index (χ3n) is 2.25. The Bertz CT molecular complexity index is 362. The Morgan fingerprint density at radius 1 is 1.62 bits per heavy atom. The zero-order valence-electron chi connectivity index (χ0n) is 9.80. The molecule has 0 saturated carbocycles. The molecule has 0 radical (unpaired) electrons. The molecule has 90 valence electrons. The second-order valence-electron chi connectivity index (χ2n) is 3.71. The van der Waals surface area contributed by atoms with Crippen LogP contribution in [0.5, 0.6) is 0 Å². The highest BCUT2D eigenvalue weighted by atomic mass is 16.5. The number of hydrogen-bond donors (Lipinski definition) is 1. The lowest BCUT2D eigenvalue weighted by molar-refractivity contribution is 0.0518. The molecule has 0 amide bonds. The number of ether oxygens (including phenoxy) is 1. The predicted molar refractivity (Wildman–Crippen MR) is 57.0 cm³/mol. The highest BCUT2D eigenvalue weighted by molar-refractivity contribution is 5.88. The molecule has 1 heterocycles. The lowest BCUT2D eigenvalue weighted by Crippen LogP contribution is -2.14. The summed E-state index contributed by atoms with van der Waals surface area (Å²) >= 11 is 0. The Kier molecular flexibility index (Phi) is 4.42. The Morgan fingerprint density at radius 2 is 2.31 bits per heavy atom. The fourth-order valence-electron chi connectivity index (χ4n) is 1.27. The van der Waals surface area contributed by atoms with Gasteiger partial charge in [0.15, 0.2) is 5.69 Å². The third-order valence-corrected chi connectivity index (χ3v) is 2.25. The van der Waals surface area contributed by atoms with E-state index in [4.69, 9.17) is 9.84 Å². The van der Waals surface area contributed by atoms with Crippen LogP contribution in [-0.2, 0) is 11.3 Å². The standard InChI is InChI=1S/C10H17N3O3/c1-4-16-10(15)9-8(3)13(12-11-9)5-7(2)6-14/h7,14H,4-6H2,1-3H3. The monoisotopic (exact) mass is 227 g/mol. The van der Waals surface area contributed by atoms with Crippen molar-refractivity contribution in [2.24, 2.45) is 5.92 Å². The fourth-order valence-corrected chi connectivity index (χ4v) is 1.27. The van der Waals surface area contributed by atoms with Crippen LogP contribution >= 0.6 is 0 Å². The maximum absolute atomic E-state index is 11.4. The summed E-state index contributed by atoms with van der Waals surface area (Å²) in [5.41, 5.74) is 0.908. The number of carbonyl (C=O) groups is 1. The molecule has 1 aromatic heterocycles. The van der Waals surface area contributed by atoms with E-state index >= 15 is 0 Å². The van der Waals surface area contributed by atoms with E-state index in [9.17, 15) is 4.79 Å². The van der Waals surface area contributed by atoms with Gasteiger partial charge < -0.3 is 9.84 Å². The molecule has 1 rings (SSSR count). The zero-order valence-corrected chi connectivity index (χ0v) is 9.80. The van der Waals surface area contributed by atoms with Gasteiger partial charge in [-0.1, -0.05) is 12.1 Å². The first-order valence-electron chi connectivity index (χ1n) is 5.28. The maximum Gasteiger partial charge on any atom is 0.360 e. The average Bonchev–Trinajstić information content (AvgIpc) is 2.61. The summed E-state index contributed by atoms with van der Waals surface area (Å²) < 4.78 is 6.45. The molecule has 1 atom stereocenters. The lowest BCUT2D eigenvalue weighted by atomic mass is 10.2. The number of carbonyl (C=O) groups excluding carboxylic acids is 1. The van der Waals surface area contributed by atoms with Crippen molar-refractivity contribution in [2.45, 2.75) is 27.3 Å². The van der Waals surface area contributed by atoms with Crippen molar-refractivity contribution in [1.82, 2.24) is 15.0 Å². The van der Waals surface area contributed by atoms with Crippen molar-refractivity contribution in [3.63, 3.8) is 0 Å². The molecule has 6 nitrogen and oxygen atoms in total. The SMILES string of the molecule is CCOC(=O)c1nnn(CC(C)CO)c1C. The van der Waals surface area contributed by atoms with Gasteiger partial charge in [0.25, 0.3) is 0 Å². The van der Waals surface area contributed by atoms with Crippen LogP contribution in [0.25, 0.3) is 0 Å². The molecule has 0 bridgehead atoms. The minimum Gasteiger partial charge on any atom is -0.461 e. The van der Waals surface area contributed by atoms with Crippen molar-refractivity contribution in [3.05, 3.63) is 11.4 Å². The van der Waals surface area contributed by atoms with Crippen molar-refractivity contribution in [2.75, 3.05) is 13.2 Å². The molecular weight excluding hydrogens is 210 g/mol. The van der Waals surface area contributed by atoms with E-state index < -0.39 is 5.97 Å². The summed E-state index contributed by atoms with van der Waals surface area (Å²) in [6.45, 7) is 6.33. The number of aromatic nitrogens is 3. The molecule has 0 aliphatic carbocycles. The van der Waals surface area contributed by atoms with Gasteiger partial charge in [0.05, 0.1) is 12.3 Å². The lowest BCUT2D eigenvalue weighted by Gasteiger charge is -2.08. The van der Waals surface area contributed by atoms with Gasteiger partial charge in [-0.15, -0.1) is 5.10 Å². The first kappa shape index (κ1) is 12.6. The average molecular weight is 227 g/mol. The van der Waals surface area contributed by atoms with Gasteiger partial charge >= 0.3 is 5.97 Å². The summed E-state index contributed by atoms with van der Waals surface area (Å²) in [5.74, 6) is -0.377. The van der Waals surface area contributed by atoms with Gasteiger partial charge in [0.1, 0.15) is 0 Å². The van der Waals surface area contributed by atoms with Crippen molar-refractivity contribution < 1.29 is 14.6 Å². The summed E-state index contributed by atoms with van der Waals surface area (Å²) in [7, 11) is 0. The molecule has 0 aliphatic heterocycles. The summed E-state index contributed by atoms with van der Waals surface area (Å²) in [5, 5.41) is 16.6. The Balaban J connectivity index is 2.79. The first-order valence-corrected chi connectivity index (χ1v) is 5.28. The normalized spacial score (nSPS) is 12.5. The molecule has 1 N–H and O–H groups in total. The molecule has 1 aromatic rings. The van der Waals surface area contributed by atoms with Crippen LogP contribution in [0.2, 0.25) is 0 Å². The highest BCUT2D eigenvalue weighted by Crippen LogP contribution is 2.08. The summed E-state index contributed by atoms with van der Waals surface area (Å²) in [6.07, 6.45) is 0. The Labute approximate surface area is 94.2 Å². The van der Waals surface area contributed by atoms with E-state index in [1.54, 1.807) is 18.5 Å². The molecule has 6 heteroatoms. The molecule has 1 unspecified atom stereocenters. The minimum absolute atomic E-state index is 0.0774. The highest BCUT2D eigenvalue weighted by Gasteiger charge is 2.18. The maximum atomic E-state index is 11.4. The number of rotatable bonds is 5. The molecule has 0 aliphatic rings. The number of aliphatic hydroxyl groups is 1. The first-order chi connectivity index (χ1) is 7.60. The van der Waals surface area contributed by atoms with Gasteiger partial charge in [0, 0.05) is 13.2 Å². The topological polar surface area (TPSA) is 77.2 Å². The van der Waals surface area contributed by atoms with Crippen molar-refractivity contribution >= 4 is 5.97 Å². The van der Waals surface area contributed by atoms with Crippen LogP contribution in [0.15, 0.2) is 0 Å². The van der Waals surface area contributed by atoms with Crippen LogP contribution in [0.1, 0.15) is 30.0 Å². The van der Waals surface area contributed by atoms with E-state index in [0.717, 1.165) is 0 Å². The van der Waals surface area contributed by atoms with Crippen molar-refractivity contribution in [1.29, 1.82) is 0 Å². The van der Waals surface area contributed by atoms with Gasteiger partial charge in [-0.05, 0) is 19.8 Å². The van der Waals surface area contributed by atoms with Crippen LogP contribution in [0, 0.1) is 12.8 Å². The van der Waals surface area contributed by atoms with E-state index in [1.807, 2.05) is 6.92 Å². The molecular formula is C10H17N3O3. The third kappa shape index (κ3) is 2.79. The van der Waals surface area contributed by atoms with Gasteiger partial charge in [-0.3, -0.25) is 0 Å². The van der Waals surface area contributed by atoms with Crippen LogP contribution in [-0.4, -0.2) is 39.3 Å². The van der Waals surface area contributed by atoms with Crippen LogP contribution in [0.4, 0.5) is 0 Å². The second kappa shape index (κ2) is 5.60. The molecule has 0 saturated heterocycles. The van der Waals surface area contributed by atoms with Gasteiger partial charge in [-0.25, -0.2) is 9.48 Å². The molecule has 0 aromatic carbocycles. The van der Waals surface area contributed by atoms with E-state index in [2.05, 4.69) is 10.3 Å². The van der Waals surface area contributed by atoms with Crippen LogP contribution in [0.3, 0.4) is 0 Å². The van der Waals surface area contributed by atoms with Crippen LogP contribution < -0.4 is 0 Å². The number of aliphatic hydroxyl groups excluding tert-OH is 1. The zero-order chi connectivity index (χ0) is 12.1. The second-order valence-corrected chi connectivity index (χ2v) is 3.71.